The molecule has 1 aromatic rings. The number of hydrogen-bond acceptors (Lipinski definition) is 2. The second-order valence-corrected chi connectivity index (χ2v) is 5.31. The maximum atomic E-state index is 10.5. The van der Waals surface area contributed by atoms with Crippen LogP contribution in [0.2, 0.25) is 0 Å². The van der Waals surface area contributed by atoms with Gasteiger partial charge in [0.1, 0.15) is 0 Å². The molecule has 2 unspecified atom stereocenters. The summed E-state index contributed by atoms with van der Waals surface area (Å²) in [7, 11) is 0. The average Bonchev–Trinajstić information content (AvgIpc) is 2.80. The molecular formula is C15H22O2. The molecule has 2 heteroatoms. The molecule has 0 radical (unpaired) electrons. The maximum absolute atomic E-state index is 10.5. The molecule has 17 heavy (non-hydrogen) atoms. The van der Waals surface area contributed by atoms with Crippen molar-refractivity contribution in [1.82, 2.24) is 0 Å². The van der Waals surface area contributed by atoms with Crippen LogP contribution >= 0.6 is 0 Å². The average molecular weight is 234 g/mol. The number of rotatable bonds is 4. The third kappa shape index (κ3) is 3.30. The van der Waals surface area contributed by atoms with E-state index in [-0.39, 0.29) is 0 Å². The van der Waals surface area contributed by atoms with Crippen molar-refractivity contribution in [3.05, 3.63) is 35.4 Å². The first-order valence-electron chi connectivity index (χ1n) is 6.49. The molecule has 0 spiro atoms. The van der Waals surface area contributed by atoms with Crippen molar-refractivity contribution in [2.45, 2.75) is 51.2 Å². The zero-order chi connectivity index (χ0) is 12.3. The lowest BCUT2D eigenvalue weighted by atomic mass is 9.89. The van der Waals surface area contributed by atoms with Gasteiger partial charge in [-0.15, -0.1) is 0 Å². The van der Waals surface area contributed by atoms with Gasteiger partial charge in [0.2, 0.25) is 0 Å². The summed E-state index contributed by atoms with van der Waals surface area (Å²) in [6.45, 7) is 4.84. The minimum Gasteiger partial charge on any atom is -0.385 e. The molecular weight excluding hydrogens is 212 g/mol. The Morgan fingerprint density at radius 1 is 1.35 bits per heavy atom. The van der Waals surface area contributed by atoms with E-state index >= 15 is 0 Å². The van der Waals surface area contributed by atoms with E-state index in [1.54, 1.807) is 0 Å². The van der Waals surface area contributed by atoms with Crippen LogP contribution in [0.1, 0.15) is 43.7 Å². The van der Waals surface area contributed by atoms with Gasteiger partial charge in [0.25, 0.3) is 0 Å². The monoisotopic (exact) mass is 234 g/mol. The van der Waals surface area contributed by atoms with Crippen LogP contribution in [-0.4, -0.2) is 17.8 Å². The molecule has 1 N–H and O–H groups in total. The fourth-order valence-electron chi connectivity index (χ4n) is 2.37. The number of benzene rings is 1. The number of ether oxygens (including phenoxy) is 1. The van der Waals surface area contributed by atoms with Gasteiger partial charge in [-0.05, 0) is 45.1 Å². The van der Waals surface area contributed by atoms with Crippen molar-refractivity contribution in [1.29, 1.82) is 0 Å². The summed E-state index contributed by atoms with van der Waals surface area (Å²) in [5.41, 5.74) is 1.49. The number of hydrogen-bond donors (Lipinski definition) is 1. The molecule has 1 aliphatic heterocycles. The number of aryl methyl sites for hydroxylation is 1. The van der Waals surface area contributed by atoms with Crippen LogP contribution in [0.15, 0.2) is 24.3 Å². The first kappa shape index (κ1) is 12.6. The zero-order valence-corrected chi connectivity index (χ0v) is 10.8. The van der Waals surface area contributed by atoms with Crippen molar-refractivity contribution < 1.29 is 9.84 Å². The topological polar surface area (TPSA) is 29.5 Å². The Hall–Kier alpha value is -0.860. The van der Waals surface area contributed by atoms with E-state index in [0.717, 1.165) is 37.9 Å². The Morgan fingerprint density at radius 3 is 2.65 bits per heavy atom. The van der Waals surface area contributed by atoms with Crippen molar-refractivity contribution >= 4 is 0 Å². The highest BCUT2D eigenvalue weighted by atomic mass is 16.5. The normalized spacial score (nSPS) is 23.6. The van der Waals surface area contributed by atoms with E-state index in [4.69, 9.17) is 4.74 Å². The van der Waals surface area contributed by atoms with E-state index < -0.39 is 5.60 Å². The molecule has 1 fully saturated rings. The van der Waals surface area contributed by atoms with Crippen LogP contribution in [-0.2, 0) is 10.3 Å². The summed E-state index contributed by atoms with van der Waals surface area (Å²) in [6.07, 6.45) is 4.37. The molecule has 0 saturated carbocycles. The molecule has 0 aromatic heterocycles. The van der Waals surface area contributed by atoms with Gasteiger partial charge in [0.05, 0.1) is 11.7 Å². The van der Waals surface area contributed by atoms with Crippen LogP contribution in [0.5, 0.6) is 0 Å². The Labute approximate surface area is 104 Å². The molecule has 94 valence electrons. The van der Waals surface area contributed by atoms with Crippen LogP contribution in [0.4, 0.5) is 0 Å². The van der Waals surface area contributed by atoms with Gasteiger partial charge in [0.15, 0.2) is 0 Å². The van der Waals surface area contributed by atoms with Gasteiger partial charge >= 0.3 is 0 Å². The largest absolute Gasteiger partial charge is 0.385 e. The smallest absolute Gasteiger partial charge is 0.0869 e. The van der Waals surface area contributed by atoms with Gasteiger partial charge in [-0.25, -0.2) is 0 Å². The maximum Gasteiger partial charge on any atom is 0.0869 e. The third-order valence-corrected chi connectivity index (χ3v) is 3.65. The summed E-state index contributed by atoms with van der Waals surface area (Å²) in [6, 6.07) is 8.14. The van der Waals surface area contributed by atoms with Crippen molar-refractivity contribution in [2.75, 3.05) is 6.61 Å². The van der Waals surface area contributed by atoms with Crippen LogP contribution in [0.3, 0.4) is 0 Å². The number of aliphatic hydroxyl groups is 1. The molecule has 2 rings (SSSR count). The van der Waals surface area contributed by atoms with Gasteiger partial charge < -0.3 is 9.84 Å². The highest BCUT2D eigenvalue weighted by Crippen LogP contribution is 2.29. The summed E-state index contributed by atoms with van der Waals surface area (Å²) in [4.78, 5) is 0. The Bertz CT molecular complexity index is 348. The second kappa shape index (κ2) is 5.19. The highest BCUT2D eigenvalue weighted by molar-refractivity contribution is 5.25. The summed E-state index contributed by atoms with van der Waals surface area (Å²) < 4.78 is 5.59. The molecule has 1 aromatic carbocycles. The Balaban J connectivity index is 1.94. The summed E-state index contributed by atoms with van der Waals surface area (Å²) >= 11 is 0. The lowest BCUT2D eigenvalue weighted by molar-refractivity contribution is 0.0220. The predicted molar refractivity (Wildman–Crippen MR) is 69.0 cm³/mol. The molecule has 1 heterocycles. The van der Waals surface area contributed by atoms with E-state index in [1.807, 2.05) is 19.1 Å². The molecule has 1 saturated heterocycles. The first-order chi connectivity index (χ1) is 8.08. The fourth-order valence-corrected chi connectivity index (χ4v) is 2.37. The van der Waals surface area contributed by atoms with Crippen molar-refractivity contribution in [3.63, 3.8) is 0 Å². The van der Waals surface area contributed by atoms with E-state index in [0.29, 0.717) is 6.10 Å². The van der Waals surface area contributed by atoms with Gasteiger partial charge in [-0.2, -0.15) is 0 Å². The lowest BCUT2D eigenvalue weighted by Crippen LogP contribution is -2.23. The molecule has 1 aliphatic rings. The van der Waals surface area contributed by atoms with E-state index in [1.165, 1.54) is 5.56 Å². The lowest BCUT2D eigenvalue weighted by Gasteiger charge is -2.25. The fraction of sp³-hybridized carbons (Fsp3) is 0.600. The van der Waals surface area contributed by atoms with Crippen LogP contribution in [0.25, 0.3) is 0 Å². The highest BCUT2D eigenvalue weighted by Gasteiger charge is 2.25. The SMILES string of the molecule is Cc1ccc(C(C)(O)CCC2CCCO2)cc1. The first-order valence-corrected chi connectivity index (χ1v) is 6.49. The van der Waals surface area contributed by atoms with Gasteiger partial charge in [-0.1, -0.05) is 29.8 Å². The molecule has 2 atom stereocenters. The van der Waals surface area contributed by atoms with Crippen LogP contribution in [0, 0.1) is 6.92 Å². The van der Waals surface area contributed by atoms with E-state index in [2.05, 4.69) is 19.1 Å². The van der Waals surface area contributed by atoms with Crippen molar-refractivity contribution in [3.8, 4) is 0 Å². The van der Waals surface area contributed by atoms with Crippen molar-refractivity contribution in [2.24, 2.45) is 0 Å². The zero-order valence-electron chi connectivity index (χ0n) is 10.8. The van der Waals surface area contributed by atoms with Gasteiger partial charge in [-0.3, -0.25) is 0 Å². The molecule has 0 aliphatic carbocycles. The van der Waals surface area contributed by atoms with Crippen LogP contribution < -0.4 is 0 Å². The Morgan fingerprint density at radius 2 is 2.06 bits per heavy atom. The van der Waals surface area contributed by atoms with Gasteiger partial charge in [0, 0.05) is 6.61 Å². The second-order valence-electron chi connectivity index (χ2n) is 5.31. The predicted octanol–water partition coefficient (Wildman–Crippen LogP) is 3.16. The molecule has 0 bridgehead atoms. The quantitative estimate of drug-likeness (QED) is 0.867. The third-order valence-electron chi connectivity index (χ3n) is 3.65. The molecule has 0 amide bonds. The Kier molecular flexibility index (Phi) is 3.85. The minimum absolute atomic E-state index is 0.354. The standard InChI is InChI=1S/C15H22O2/c1-12-5-7-13(8-6-12)15(2,16)10-9-14-4-3-11-17-14/h5-8,14,16H,3-4,9-11H2,1-2H3. The minimum atomic E-state index is -0.736. The summed E-state index contributed by atoms with van der Waals surface area (Å²) in [5, 5.41) is 10.5. The molecule has 2 nitrogen and oxygen atoms in total. The summed E-state index contributed by atoms with van der Waals surface area (Å²) in [5.74, 6) is 0. The van der Waals surface area contributed by atoms with E-state index in [9.17, 15) is 5.11 Å².